The third kappa shape index (κ3) is 1.82. The average molecular weight is 172 g/mol. The predicted molar refractivity (Wildman–Crippen MR) is 42.8 cm³/mol. The van der Waals surface area contributed by atoms with Gasteiger partial charge in [0.05, 0.1) is 28.8 Å². The summed E-state index contributed by atoms with van der Waals surface area (Å²) in [4.78, 5) is 10.5. The number of hydrogen-bond donors (Lipinski definition) is 1. The Hall–Kier alpha value is -2.33. The number of aromatic carboxylic acids is 1. The van der Waals surface area contributed by atoms with Crippen LogP contribution in [0.5, 0.6) is 0 Å². The van der Waals surface area contributed by atoms with E-state index in [1.54, 1.807) is 12.1 Å². The Morgan fingerprint density at radius 3 is 1.92 bits per heavy atom. The Balaban J connectivity index is 3.35. The van der Waals surface area contributed by atoms with Gasteiger partial charge >= 0.3 is 5.97 Å². The van der Waals surface area contributed by atoms with Crippen molar-refractivity contribution in [1.29, 1.82) is 10.5 Å². The molecule has 0 aliphatic heterocycles. The molecule has 0 unspecified atom stereocenters. The molecular formula is C9H4N2O2. The summed E-state index contributed by atoms with van der Waals surface area (Å²) < 4.78 is 0. The Labute approximate surface area is 74.3 Å². The number of rotatable bonds is 1. The molecule has 13 heavy (non-hydrogen) atoms. The number of benzene rings is 1. The number of hydrogen-bond acceptors (Lipinski definition) is 3. The SMILES string of the molecule is N#Cc1cc(C#N)cc(C(=O)O)c1. The molecule has 0 atom stereocenters. The standard InChI is InChI=1S/C9H4N2O2/c10-4-6-1-7(5-11)3-8(2-6)9(12)13/h1-3H,(H,12,13). The third-order valence-electron chi connectivity index (χ3n) is 1.44. The molecule has 0 aliphatic carbocycles. The monoisotopic (exact) mass is 172 g/mol. The largest absolute Gasteiger partial charge is 0.478 e. The first-order valence-electron chi connectivity index (χ1n) is 3.36. The van der Waals surface area contributed by atoms with Gasteiger partial charge in [-0.2, -0.15) is 10.5 Å². The second-order valence-electron chi connectivity index (χ2n) is 2.33. The zero-order valence-electron chi connectivity index (χ0n) is 6.48. The van der Waals surface area contributed by atoms with Crippen LogP contribution in [0.25, 0.3) is 0 Å². The number of carboxylic acid groups (broad SMARTS) is 1. The van der Waals surface area contributed by atoms with Gasteiger partial charge in [0, 0.05) is 0 Å². The lowest BCUT2D eigenvalue weighted by Gasteiger charge is -1.95. The zero-order valence-corrected chi connectivity index (χ0v) is 6.48. The van der Waals surface area contributed by atoms with Gasteiger partial charge in [0.25, 0.3) is 0 Å². The van der Waals surface area contributed by atoms with Crippen molar-refractivity contribution in [1.82, 2.24) is 0 Å². The van der Waals surface area contributed by atoms with Gasteiger partial charge in [0.15, 0.2) is 0 Å². The lowest BCUT2D eigenvalue weighted by molar-refractivity contribution is 0.0697. The van der Waals surface area contributed by atoms with Crippen molar-refractivity contribution in [2.45, 2.75) is 0 Å². The molecular weight excluding hydrogens is 168 g/mol. The molecule has 0 spiro atoms. The molecule has 0 bridgehead atoms. The number of nitrogens with zero attached hydrogens (tertiary/aromatic N) is 2. The van der Waals surface area contributed by atoms with Crippen molar-refractivity contribution >= 4 is 5.97 Å². The van der Waals surface area contributed by atoms with Crippen LogP contribution in [0.4, 0.5) is 0 Å². The van der Waals surface area contributed by atoms with Crippen LogP contribution in [0.2, 0.25) is 0 Å². The van der Waals surface area contributed by atoms with Crippen molar-refractivity contribution in [3.63, 3.8) is 0 Å². The van der Waals surface area contributed by atoms with Crippen LogP contribution >= 0.6 is 0 Å². The maximum absolute atomic E-state index is 10.5. The smallest absolute Gasteiger partial charge is 0.335 e. The first-order chi connectivity index (χ1) is 6.17. The molecule has 0 saturated carbocycles. The van der Waals surface area contributed by atoms with E-state index in [9.17, 15) is 4.79 Å². The van der Waals surface area contributed by atoms with Crippen molar-refractivity contribution < 1.29 is 9.90 Å². The van der Waals surface area contributed by atoms with Gasteiger partial charge < -0.3 is 5.11 Å². The summed E-state index contributed by atoms with van der Waals surface area (Å²) in [6, 6.07) is 7.36. The summed E-state index contributed by atoms with van der Waals surface area (Å²) in [5, 5.41) is 25.6. The first kappa shape index (κ1) is 8.76. The Kier molecular flexibility index (Phi) is 2.28. The van der Waals surface area contributed by atoms with E-state index < -0.39 is 5.97 Å². The fourth-order valence-corrected chi connectivity index (χ4v) is 0.880. The first-order valence-corrected chi connectivity index (χ1v) is 3.36. The van der Waals surface area contributed by atoms with E-state index in [4.69, 9.17) is 15.6 Å². The van der Waals surface area contributed by atoms with Gasteiger partial charge in [-0.25, -0.2) is 4.79 Å². The van der Waals surface area contributed by atoms with Crippen LogP contribution in [0.15, 0.2) is 18.2 Å². The van der Waals surface area contributed by atoms with Crippen molar-refractivity contribution in [3.05, 3.63) is 34.9 Å². The highest BCUT2D eigenvalue weighted by atomic mass is 16.4. The highest BCUT2D eigenvalue weighted by Crippen LogP contribution is 2.08. The topological polar surface area (TPSA) is 84.9 Å². The van der Waals surface area contributed by atoms with Crippen molar-refractivity contribution in [2.24, 2.45) is 0 Å². The van der Waals surface area contributed by atoms with Gasteiger partial charge in [0.1, 0.15) is 0 Å². The Bertz CT molecular complexity index is 406. The van der Waals surface area contributed by atoms with Gasteiger partial charge in [0.2, 0.25) is 0 Å². The Morgan fingerprint density at radius 2 is 1.62 bits per heavy atom. The fourth-order valence-electron chi connectivity index (χ4n) is 0.880. The number of nitriles is 2. The minimum atomic E-state index is -1.14. The summed E-state index contributed by atoms with van der Waals surface area (Å²) in [6.45, 7) is 0. The van der Waals surface area contributed by atoms with Gasteiger partial charge in [-0.15, -0.1) is 0 Å². The quantitative estimate of drug-likeness (QED) is 0.687. The maximum Gasteiger partial charge on any atom is 0.335 e. The lowest BCUT2D eigenvalue weighted by atomic mass is 10.1. The Morgan fingerprint density at radius 1 is 1.15 bits per heavy atom. The normalized spacial score (nSPS) is 8.46. The number of carboxylic acids is 1. The molecule has 1 N–H and O–H groups in total. The summed E-state index contributed by atoms with van der Waals surface area (Å²) in [5.74, 6) is -1.14. The van der Waals surface area contributed by atoms with Crippen LogP contribution in [-0.2, 0) is 0 Å². The van der Waals surface area contributed by atoms with E-state index in [0.717, 1.165) is 0 Å². The van der Waals surface area contributed by atoms with E-state index in [-0.39, 0.29) is 16.7 Å². The minimum absolute atomic E-state index is 0.0457. The highest BCUT2D eigenvalue weighted by molar-refractivity contribution is 5.88. The van der Waals surface area contributed by atoms with E-state index in [2.05, 4.69) is 0 Å². The van der Waals surface area contributed by atoms with Crippen LogP contribution < -0.4 is 0 Å². The van der Waals surface area contributed by atoms with Crippen molar-refractivity contribution in [2.75, 3.05) is 0 Å². The maximum atomic E-state index is 10.5. The zero-order chi connectivity index (χ0) is 9.84. The number of carbonyl (C=O) groups is 1. The average Bonchev–Trinajstić information content (AvgIpc) is 2.16. The summed E-state index contributed by atoms with van der Waals surface area (Å²) in [6.07, 6.45) is 0. The second-order valence-corrected chi connectivity index (χ2v) is 2.33. The van der Waals surface area contributed by atoms with Crippen LogP contribution in [0, 0.1) is 22.7 Å². The summed E-state index contributed by atoms with van der Waals surface area (Å²) in [7, 11) is 0. The molecule has 4 heteroatoms. The minimum Gasteiger partial charge on any atom is -0.478 e. The van der Waals surface area contributed by atoms with E-state index >= 15 is 0 Å². The lowest BCUT2D eigenvalue weighted by Crippen LogP contribution is -1.97. The molecule has 0 amide bonds. The van der Waals surface area contributed by atoms with Crippen molar-refractivity contribution in [3.8, 4) is 12.1 Å². The molecule has 1 rings (SSSR count). The van der Waals surface area contributed by atoms with E-state index in [1.807, 2.05) is 0 Å². The molecule has 0 saturated heterocycles. The molecule has 62 valence electrons. The van der Waals surface area contributed by atoms with Crippen LogP contribution in [-0.4, -0.2) is 11.1 Å². The molecule has 0 aromatic heterocycles. The summed E-state index contributed by atoms with van der Waals surface area (Å²) in [5.41, 5.74) is 0.309. The third-order valence-corrected chi connectivity index (χ3v) is 1.44. The van der Waals surface area contributed by atoms with E-state index in [1.165, 1.54) is 18.2 Å². The predicted octanol–water partition coefficient (Wildman–Crippen LogP) is 1.13. The van der Waals surface area contributed by atoms with Crippen LogP contribution in [0.1, 0.15) is 21.5 Å². The molecule has 4 nitrogen and oxygen atoms in total. The van der Waals surface area contributed by atoms with Gasteiger partial charge in [-0.05, 0) is 18.2 Å². The van der Waals surface area contributed by atoms with Gasteiger partial charge in [-0.3, -0.25) is 0 Å². The van der Waals surface area contributed by atoms with Gasteiger partial charge in [-0.1, -0.05) is 0 Å². The second kappa shape index (κ2) is 3.38. The molecule has 1 aromatic carbocycles. The molecule has 0 aliphatic rings. The summed E-state index contributed by atoms with van der Waals surface area (Å²) >= 11 is 0. The molecule has 0 fully saturated rings. The van der Waals surface area contributed by atoms with Crippen LogP contribution in [0.3, 0.4) is 0 Å². The molecule has 0 heterocycles. The fraction of sp³-hybridized carbons (Fsp3) is 0. The highest BCUT2D eigenvalue weighted by Gasteiger charge is 2.05. The molecule has 1 aromatic rings. The molecule has 0 radical (unpaired) electrons. The van der Waals surface area contributed by atoms with E-state index in [0.29, 0.717) is 0 Å².